The smallest absolute Gasteiger partial charge is 0.193 e. The fourth-order valence-electron chi connectivity index (χ4n) is 2.78. The van der Waals surface area contributed by atoms with E-state index in [-0.39, 0.29) is 0 Å². The number of hydrogen-bond acceptors (Lipinski definition) is 4. The van der Waals surface area contributed by atoms with Crippen molar-refractivity contribution in [2.24, 2.45) is 16.8 Å². The van der Waals surface area contributed by atoms with Gasteiger partial charge in [0.15, 0.2) is 5.96 Å². The quantitative estimate of drug-likeness (QED) is 0.387. The Kier molecular flexibility index (Phi) is 8.12. The summed E-state index contributed by atoms with van der Waals surface area (Å²) in [6.45, 7) is 10.8. The van der Waals surface area contributed by atoms with Crippen LogP contribution in [-0.2, 0) is 9.47 Å². The van der Waals surface area contributed by atoms with E-state index < -0.39 is 0 Å². The van der Waals surface area contributed by atoms with Gasteiger partial charge in [0.05, 0.1) is 19.8 Å². The van der Waals surface area contributed by atoms with E-state index in [9.17, 15) is 0 Å². The van der Waals surface area contributed by atoms with Gasteiger partial charge in [0.25, 0.3) is 0 Å². The van der Waals surface area contributed by atoms with Gasteiger partial charge >= 0.3 is 0 Å². The molecule has 1 saturated carbocycles. The third kappa shape index (κ3) is 7.50. The average molecular weight is 326 g/mol. The molecule has 2 rings (SSSR count). The summed E-state index contributed by atoms with van der Waals surface area (Å²) in [4.78, 5) is 9.00. The number of morpholine rings is 1. The molecule has 2 aliphatic rings. The van der Waals surface area contributed by atoms with E-state index in [1.54, 1.807) is 0 Å². The molecule has 134 valence electrons. The first-order valence-electron chi connectivity index (χ1n) is 8.98. The Balaban J connectivity index is 1.58. The number of aliphatic imine (C=N–C) groups is 1. The highest BCUT2D eigenvalue weighted by molar-refractivity contribution is 5.79. The largest absolute Gasteiger partial charge is 0.379 e. The molecule has 0 aromatic rings. The van der Waals surface area contributed by atoms with Crippen LogP contribution in [0.5, 0.6) is 0 Å². The fraction of sp³-hybridized carbons (Fsp3) is 0.941. The van der Waals surface area contributed by atoms with Crippen molar-refractivity contribution < 1.29 is 9.47 Å². The zero-order chi connectivity index (χ0) is 16.5. The maximum absolute atomic E-state index is 5.71. The van der Waals surface area contributed by atoms with E-state index in [4.69, 9.17) is 9.47 Å². The van der Waals surface area contributed by atoms with E-state index in [1.807, 2.05) is 7.05 Å². The normalized spacial score (nSPS) is 21.3. The first kappa shape index (κ1) is 18.5. The van der Waals surface area contributed by atoms with Gasteiger partial charge in [-0.1, -0.05) is 6.92 Å². The van der Waals surface area contributed by atoms with Crippen molar-refractivity contribution in [2.75, 3.05) is 73.2 Å². The minimum Gasteiger partial charge on any atom is -0.379 e. The summed E-state index contributed by atoms with van der Waals surface area (Å²) in [6, 6.07) is 0. The molecule has 0 aromatic heterocycles. The lowest BCUT2D eigenvalue weighted by atomic mass is 10.1. The summed E-state index contributed by atoms with van der Waals surface area (Å²) >= 11 is 0. The summed E-state index contributed by atoms with van der Waals surface area (Å²) in [7, 11) is 3.92. The number of rotatable bonds is 9. The molecule has 0 bridgehead atoms. The van der Waals surface area contributed by atoms with Crippen molar-refractivity contribution >= 4 is 5.96 Å². The zero-order valence-electron chi connectivity index (χ0n) is 15.1. The van der Waals surface area contributed by atoms with Gasteiger partial charge < -0.3 is 19.7 Å². The number of nitrogens with one attached hydrogen (secondary N) is 1. The van der Waals surface area contributed by atoms with Crippen molar-refractivity contribution in [2.45, 2.75) is 19.8 Å². The van der Waals surface area contributed by atoms with Crippen molar-refractivity contribution in [1.82, 2.24) is 15.1 Å². The maximum atomic E-state index is 5.71. The van der Waals surface area contributed by atoms with Gasteiger partial charge in [-0.05, 0) is 24.7 Å². The molecule has 0 radical (unpaired) electrons. The third-order valence-corrected chi connectivity index (χ3v) is 4.48. The predicted molar refractivity (Wildman–Crippen MR) is 94.0 cm³/mol. The molecule has 0 spiro atoms. The lowest BCUT2D eigenvalue weighted by molar-refractivity contribution is 0.0320. The predicted octanol–water partition coefficient (Wildman–Crippen LogP) is 0.889. The summed E-state index contributed by atoms with van der Waals surface area (Å²) in [5.41, 5.74) is 0. The van der Waals surface area contributed by atoms with Crippen molar-refractivity contribution in [3.63, 3.8) is 0 Å². The second kappa shape index (κ2) is 10.1. The van der Waals surface area contributed by atoms with E-state index in [1.165, 1.54) is 12.8 Å². The van der Waals surface area contributed by atoms with Crippen LogP contribution in [0.15, 0.2) is 4.99 Å². The number of nitrogens with zero attached hydrogens (tertiary/aromatic N) is 3. The van der Waals surface area contributed by atoms with Crippen LogP contribution in [0, 0.1) is 11.8 Å². The summed E-state index contributed by atoms with van der Waals surface area (Å²) < 4.78 is 11.1. The number of likely N-dealkylation sites (N-methyl/N-ethyl adjacent to an activating group) is 1. The molecular formula is C17H34N4O2. The molecule has 1 N–H and O–H groups in total. The molecule has 1 saturated heterocycles. The van der Waals surface area contributed by atoms with Gasteiger partial charge in [0, 0.05) is 53.4 Å². The SMILES string of the molecule is CN=C(NCC(C)CN1CCOCC1)N(C)CCOCC1CC1. The first-order valence-corrected chi connectivity index (χ1v) is 8.98. The van der Waals surface area contributed by atoms with E-state index in [2.05, 4.69) is 34.1 Å². The highest BCUT2D eigenvalue weighted by atomic mass is 16.5. The van der Waals surface area contributed by atoms with Gasteiger partial charge in [-0.25, -0.2) is 0 Å². The molecule has 1 heterocycles. The van der Waals surface area contributed by atoms with Crippen LogP contribution in [0.2, 0.25) is 0 Å². The third-order valence-electron chi connectivity index (χ3n) is 4.48. The molecule has 2 fully saturated rings. The van der Waals surface area contributed by atoms with E-state index >= 15 is 0 Å². The van der Waals surface area contributed by atoms with Gasteiger partial charge in [0.2, 0.25) is 0 Å². The minimum atomic E-state index is 0.587. The topological polar surface area (TPSA) is 49.3 Å². The molecule has 0 amide bonds. The molecule has 1 unspecified atom stereocenters. The van der Waals surface area contributed by atoms with Crippen LogP contribution in [-0.4, -0.2) is 89.0 Å². The van der Waals surface area contributed by atoms with Crippen molar-refractivity contribution in [3.05, 3.63) is 0 Å². The maximum Gasteiger partial charge on any atom is 0.193 e. The van der Waals surface area contributed by atoms with Crippen LogP contribution >= 0.6 is 0 Å². The molecule has 1 atom stereocenters. The second-order valence-corrected chi connectivity index (χ2v) is 6.89. The summed E-state index contributed by atoms with van der Waals surface area (Å²) in [5, 5.41) is 3.48. The van der Waals surface area contributed by atoms with Crippen LogP contribution in [0.25, 0.3) is 0 Å². The monoisotopic (exact) mass is 326 g/mol. The molecule has 6 heteroatoms. The highest BCUT2D eigenvalue weighted by Crippen LogP contribution is 2.28. The van der Waals surface area contributed by atoms with E-state index in [0.717, 1.165) is 71.0 Å². The lowest BCUT2D eigenvalue weighted by Crippen LogP contribution is -2.45. The van der Waals surface area contributed by atoms with Crippen LogP contribution in [0.1, 0.15) is 19.8 Å². The molecular weight excluding hydrogens is 292 g/mol. The zero-order valence-corrected chi connectivity index (χ0v) is 15.1. The first-order chi connectivity index (χ1) is 11.2. The molecule has 1 aliphatic carbocycles. The lowest BCUT2D eigenvalue weighted by Gasteiger charge is -2.30. The molecule has 0 aromatic carbocycles. The number of hydrogen-bond donors (Lipinski definition) is 1. The molecule has 1 aliphatic heterocycles. The summed E-state index contributed by atoms with van der Waals surface area (Å²) in [5.74, 6) is 2.37. The van der Waals surface area contributed by atoms with Crippen LogP contribution in [0.3, 0.4) is 0 Å². The summed E-state index contributed by atoms with van der Waals surface area (Å²) in [6.07, 6.45) is 2.69. The Morgan fingerprint density at radius 3 is 2.78 bits per heavy atom. The number of guanidine groups is 1. The molecule has 6 nitrogen and oxygen atoms in total. The van der Waals surface area contributed by atoms with E-state index in [0.29, 0.717) is 5.92 Å². The molecule has 23 heavy (non-hydrogen) atoms. The van der Waals surface area contributed by atoms with Gasteiger partial charge in [-0.2, -0.15) is 0 Å². The standard InChI is InChI=1S/C17H34N4O2/c1-15(13-21-7-10-22-11-8-21)12-19-17(18-2)20(3)6-9-23-14-16-4-5-16/h15-16H,4-14H2,1-3H3,(H,18,19). The second-order valence-electron chi connectivity index (χ2n) is 6.89. The Morgan fingerprint density at radius 1 is 1.39 bits per heavy atom. The van der Waals surface area contributed by atoms with Gasteiger partial charge in [0.1, 0.15) is 0 Å². The Labute approximate surface area is 141 Å². The Bertz CT molecular complexity index is 355. The minimum absolute atomic E-state index is 0.587. The number of ether oxygens (including phenoxy) is 2. The van der Waals surface area contributed by atoms with Crippen molar-refractivity contribution in [3.8, 4) is 0 Å². The van der Waals surface area contributed by atoms with Crippen molar-refractivity contribution in [1.29, 1.82) is 0 Å². The van der Waals surface area contributed by atoms with Gasteiger partial charge in [-0.3, -0.25) is 9.89 Å². The van der Waals surface area contributed by atoms with Crippen LogP contribution in [0.4, 0.5) is 0 Å². The average Bonchev–Trinajstić information content (AvgIpc) is 3.37. The highest BCUT2D eigenvalue weighted by Gasteiger charge is 2.21. The van der Waals surface area contributed by atoms with Crippen LogP contribution < -0.4 is 5.32 Å². The van der Waals surface area contributed by atoms with Gasteiger partial charge in [-0.15, -0.1) is 0 Å². The Hall–Kier alpha value is -0.850. The fourth-order valence-corrected chi connectivity index (χ4v) is 2.78. The Morgan fingerprint density at radius 2 is 2.13 bits per heavy atom.